The molecule has 3 aromatic carbocycles. The van der Waals surface area contributed by atoms with Crippen LogP contribution in [0.4, 0.5) is 17.2 Å². The summed E-state index contributed by atoms with van der Waals surface area (Å²) in [5, 5.41) is 12.4. The van der Waals surface area contributed by atoms with Gasteiger partial charge in [-0.2, -0.15) is 0 Å². The molecule has 1 N–H and O–H groups in total. The molecule has 4 nitrogen and oxygen atoms in total. The van der Waals surface area contributed by atoms with Crippen LogP contribution in [0, 0.1) is 6.92 Å². The second-order valence-electron chi connectivity index (χ2n) is 13.3. The molecule has 0 amide bonds. The first-order chi connectivity index (χ1) is 19.4. The lowest BCUT2D eigenvalue weighted by Crippen LogP contribution is -2.31. The Morgan fingerprint density at radius 1 is 0.854 bits per heavy atom. The number of aromatic nitrogens is 2. The summed E-state index contributed by atoms with van der Waals surface area (Å²) in [7, 11) is 0. The first kappa shape index (κ1) is 27.0. The Kier molecular flexibility index (Phi) is 6.22. The van der Waals surface area contributed by atoms with Gasteiger partial charge in [0.25, 0.3) is 0 Å². The van der Waals surface area contributed by atoms with E-state index in [4.69, 9.17) is 9.97 Å². The predicted molar refractivity (Wildman–Crippen MR) is 171 cm³/mol. The first-order valence-electron chi connectivity index (χ1n) is 14.5. The van der Waals surface area contributed by atoms with E-state index in [0.717, 1.165) is 45.0 Å². The maximum Gasteiger partial charge on any atom is 0.145 e. The third kappa shape index (κ3) is 4.37. The topological polar surface area (TPSA) is 49.2 Å². The van der Waals surface area contributed by atoms with E-state index in [1.165, 1.54) is 16.7 Å². The molecule has 1 aliphatic rings. The Bertz CT molecular complexity index is 1790. The van der Waals surface area contributed by atoms with Gasteiger partial charge in [0.15, 0.2) is 0 Å². The highest BCUT2D eigenvalue weighted by atomic mass is 16.3. The summed E-state index contributed by atoms with van der Waals surface area (Å²) in [6.45, 7) is 17.5. The third-order valence-corrected chi connectivity index (χ3v) is 8.56. The molecule has 0 bridgehead atoms. The lowest BCUT2D eigenvalue weighted by atomic mass is 9.73. The van der Waals surface area contributed by atoms with Gasteiger partial charge < -0.3 is 5.11 Å². The minimum absolute atomic E-state index is 0.0783. The SMILES string of the molecule is Cc1ccc(N2c3ccccc3C(C)(C)c3ccc(-c4ccc5c(C(C)(C)C)cc(C(C)C)c(O)c5n4)cc32)nc1. The van der Waals surface area contributed by atoms with Crippen LogP contribution in [0.25, 0.3) is 22.2 Å². The molecule has 0 spiro atoms. The Labute approximate surface area is 243 Å². The van der Waals surface area contributed by atoms with Crippen LogP contribution in [0.1, 0.15) is 82.2 Å². The van der Waals surface area contributed by atoms with Gasteiger partial charge in [-0.1, -0.05) is 97.0 Å². The third-order valence-electron chi connectivity index (χ3n) is 8.56. The first-order valence-corrected chi connectivity index (χ1v) is 14.5. The number of rotatable bonds is 3. The monoisotopic (exact) mass is 541 g/mol. The van der Waals surface area contributed by atoms with Crippen LogP contribution in [-0.2, 0) is 10.8 Å². The largest absolute Gasteiger partial charge is 0.505 e. The average molecular weight is 542 g/mol. The Morgan fingerprint density at radius 3 is 2.27 bits per heavy atom. The number of nitrogens with zero attached hydrogens (tertiary/aromatic N) is 3. The van der Waals surface area contributed by atoms with E-state index in [1.807, 2.05) is 6.20 Å². The number of aromatic hydroxyl groups is 1. The van der Waals surface area contributed by atoms with Crippen molar-refractivity contribution in [2.75, 3.05) is 4.90 Å². The number of fused-ring (bicyclic) bond motifs is 3. The zero-order valence-corrected chi connectivity index (χ0v) is 25.4. The van der Waals surface area contributed by atoms with Crippen molar-refractivity contribution >= 4 is 28.1 Å². The number of benzene rings is 3. The maximum absolute atomic E-state index is 11.4. The van der Waals surface area contributed by atoms with Crippen molar-refractivity contribution < 1.29 is 5.11 Å². The lowest BCUT2D eigenvalue weighted by molar-refractivity contribution is 0.469. The van der Waals surface area contributed by atoms with Crippen LogP contribution in [0.5, 0.6) is 5.75 Å². The van der Waals surface area contributed by atoms with Crippen LogP contribution >= 0.6 is 0 Å². The van der Waals surface area contributed by atoms with Gasteiger partial charge in [-0.05, 0) is 70.3 Å². The van der Waals surface area contributed by atoms with Crippen molar-refractivity contribution in [3.63, 3.8) is 0 Å². The van der Waals surface area contributed by atoms with Crippen molar-refractivity contribution in [2.45, 2.75) is 72.1 Å². The number of aryl methyl sites for hydroxylation is 1. The molecule has 1 aliphatic heterocycles. The summed E-state index contributed by atoms with van der Waals surface area (Å²) in [6, 6.07) is 25.8. The molecule has 208 valence electrons. The van der Waals surface area contributed by atoms with E-state index in [0.29, 0.717) is 5.52 Å². The molecule has 0 fully saturated rings. The maximum atomic E-state index is 11.4. The summed E-state index contributed by atoms with van der Waals surface area (Å²) in [5.41, 5.74) is 10.3. The van der Waals surface area contributed by atoms with Gasteiger partial charge in [0.1, 0.15) is 17.1 Å². The van der Waals surface area contributed by atoms with E-state index in [-0.39, 0.29) is 22.5 Å². The highest BCUT2D eigenvalue weighted by molar-refractivity contribution is 5.92. The van der Waals surface area contributed by atoms with E-state index >= 15 is 0 Å². The molecular weight excluding hydrogens is 502 g/mol. The average Bonchev–Trinajstić information content (AvgIpc) is 2.93. The van der Waals surface area contributed by atoms with E-state index in [9.17, 15) is 5.11 Å². The van der Waals surface area contributed by atoms with E-state index in [2.05, 4.69) is 133 Å². The van der Waals surface area contributed by atoms with Crippen molar-refractivity contribution in [3.8, 4) is 17.0 Å². The number of anilines is 3. The Balaban J connectivity index is 1.58. The fourth-order valence-electron chi connectivity index (χ4n) is 6.23. The van der Waals surface area contributed by atoms with Crippen LogP contribution < -0.4 is 4.90 Å². The van der Waals surface area contributed by atoms with Gasteiger partial charge in [0, 0.05) is 22.6 Å². The van der Waals surface area contributed by atoms with Crippen molar-refractivity contribution in [1.29, 1.82) is 0 Å². The highest BCUT2D eigenvalue weighted by Gasteiger charge is 2.37. The van der Waals surface area contributed by atoms with Gasteiger partial charge >= 0.3 is 0 Å². The van der Waals surface area contributed by atoms with Gasteiger partial charge in [-0.25, -0.2) is 9.97 Å². The number of phenolic OH excluding ortho intramolecular Hbond substituents is 1. The summed E-state index contributed by atoms with van der Waals surface area (Å²) in [4.78, 5) is 12.2. The summed E-state index contributed by atoms with van der Waals surface area (Å²) < 4.78 is 0. The fourth-order valence-corrected chi connectivity index (χ4v) is 6.23. The molecule has 5 aromatic rings. The van der Waals surface area contributed by atoms with Crippen LogP contribution in [0.2, 0.25) is 0 Å². The van der Waals surface area contributed by atoms with Crippen LogP contribution in [0.3, 0.4) is 0 Å². The predicted octanol–water partition coefficient (Wildman–Crippen LogP) is 9.84. The van der Waals surface area contributed by atoms with Gasteiger partial charge in [0.2, 0.25) is 0 Å². The second-order valence-corrected chi connectivity index (χ2v) is 13.3. The quantitative estimate of drug-likeness (QED) is 0.247. The normalized spacial score (nSPS) is 14.3. The molecule has 0 atom stereocenters. The molecule has 4 heteroatoms. The van der Waals surface area contributed by atoms with Crippen LogP contribution in [0.15, 0.2) is 79.0 Å². The molecule has 0 aliphatic carbocycles. The Hall–Kier alpha value is -4.18. The standard InChI is InChI=1S/C37H39N3O/c1-22(2)26-20-29(36(4,5)6)25-15-17-30(39-34(25)35(26)41)24-14-16-28-32(19-24)40(33-18-13-23(3)21-38-33)31-12-10-9-11-27(31)37(28,7)8/h9-22,41H,1-8H3. The number of phenols is 1. The summed E-state index contributed by atoms with van der Waals surface area (Å²) in [6.07, 6.45) is 1.92. The van der Waals surface area contributed by atoms with Crippen LogP contribution in [-0.4, -0.2) is 15.1 Å². The zero-order chi connectivity index (χ0) is 29.3. The van der Waals surface area contributed by atoms with E-state index < -0.39 is 0 Å². The molecule has 3 heterocycles. The molecule has 0 saturated carbocycles. The van der Waals surface area contributed by atoms with Gasteiger partial charge in [-0.3, -0.25) is 4.90 Å². The highest BCUT2D eigenvalue weighted by Crippen LogP contribution is 2.52. The minimum atomic E-state index is -0.186. The lowest BCUT2D eigenvalue weighted by Gasteiger charge is -2.41. The molecule has 6 rings (SSSR count). The number of hydrogen-bond acceptors (Lipinski definition) is 4. The minimum Gasteiger partial charge on any atom is -0.505 e. The molecule has 2 aromatic heterocycles. The molecular formula is C37H39N3O. The van der Waals surface area contributed by atoms with Crippen molar-refractivity contribution in [2.24, 2.45) is 0 Å². The molecule has 0 saturated heterocycles. The van der Waals surface area contributed by atoms with E-state index in [1.54, 1.807) is 0 Å². The molecule has 41 heavy (non-hydrogen) atoms. The van der Waals surface area contributed by atoms with Crippen molar-refractivity contribution in [3.05, 3.63) is 107 Å². The Morgan fingerprint density at radius 2 is 1.59 bits per heavy atom. The molecule has 0 radical (unpaired) electrons. The number of hydrogen-bond donors (Lipinski definition) is 1. The van der Waals surface area contributed by atoms with Gasteiger partial charge in [0.05, 0.1) is 17.1 Å². The smallest absolute Gasteiger partial charge is 0.145 e. The fraction of sp³-hybridized carbons (Fsp3) is 0.297. The summed E-state index contributed by atoms with van der Waals surface area (Å²) >= 11 is 0. The summed E-state index contributed by atoms with van der Waals surface area (Å²) in [5.74, 6) is 1.35. The molecule has 0 unspecified atom stereocenters. The van der Waals surface area contributed by atoms with Gasteiger partial charge in [-0.15, -0.1) is 0 Å². The van der Waals surface area contributed by atoms with Crippen molar-refractivity contribution in [1.82, 2.24) is 9.97 Å². The second kappa shape index (κ2) is 9.44. The number of pyridine rings is 2. The number of para-hydroxylation sites is 1. The zero-order valence-electron chi connectivity index (χ0n) is 25.4.